The number of alkyl halides is 3. The third-order valence-corrected chi connectivity index (χ3v) is 3.65. The molecule has 1 rings (SSSR count). The standard InChI is InChI=1S/C12H16F3NO3S/c1-9(2)7-8-20(17,18)16-10-3-5-11(6-4-10)19-12(13,14)15/h3-6,9,16H,7-8H2,1-2H3. The van der Waals surface area contributed by atoms with Gasteiger partial charge in [0.1, 0.15) is 5.75 Å². The number of hydrogen-bond donors (Lipinski definition) is 1. The van der Waals surface area contributed by atoms with Crippen LogP contribution in [0, 0.1) is 5.92 Å². The lowest BCUT2D eigenvalue weighted by Crippen LogP contribution is -2.18. The molecule has 4 nitrogen and oxygen atoms in total. The Bertz CT molecular complexity index is 524. The van der Waals surface area contributed by atoms with Gasteiger partial charge in [-0.05, 0) is 36.6 Å². The van der Waals surface area contributed by atoms with Crippen molar-refractivity contribution in [2.75, 3.05) is 10.5 Å². The van der Waals surface area contributed by atoms with E-state index in [4.69, 9.17) is 0 Å². The Kier molecular flexibility index (Phi) is 5.27. The Balaban J connectivity index is 2.65. The van der Waals surface area contributed by atoms with Crippen LogP contribution >= 0.6 is 0 Å². The molecule has 0 aliphatic rings. The van der Waals surface area contributed by atoms with Crippen molar-refractivity contribution in [3.63, 3.8) is 0 Å². The molecule has 0 aromatic heterocycles. The smallest absolute Gasteiger partial charge is 0.406 e. The summed E-state index contributed by atoms with van der Waals surface area (Å²) in [6.07, 6.45) is -4.26. The number of anilines is 1. The van der Waals surface area contributed by atoms with Crippen LogP contribution < -0.4 is 9.46 Å². The largest absolute Gasteiger partial charge is 0.573 e. The molecule has 0 radical (unpaired) electrons. The fourth-order valence-corrected chi connectivity index (χ4v) is 2.73. The number of sulfonamides is 1. The van der Waals surface area contributed by atoms with E-state index in [2.05, 4.69) is 9.46 Å². The van der Waals surface area contributed by atoms with Gasteiger partial charge in [0.15, 0.2) is 0 Å². The highest BCUT2D eigenvalue weighted by Gasteiger charge is 2.30. The molecule has 1 N–H and O–H groups in total. The average Bonchev–Trinajstić information content (AvgIpc) is 2.27. The Labute approximate surface area is 116 Å². The summed E-state index contributed by atoms with van der Waals surface area (Å²) in [4.78, 5) is 0. The molecule has 114 valence electrons. The first-order valence-corrected chi connectivity index (χ1v) is 7.59. The Morgan fingerprint density at radius 1 is 1.20 bits per heavy atom. The quantitative estimate of drug-likeness (QED) is 0.876. The lowest BCUT2D eigenvalue weighted by molar-refractivity contribution is -0.274. The minimum atomic E-state index is -4.77. The highest BCUT2D eigenvalue weighted by Crippen LogP contribution is 2.24. The van der Waals surface area contributed by atoms with E-state index in [-0.39, 0.29) is 17.4 Å². The second-order valence-electron chi connectivity index (χ2n) is 4.68. The molecule has 0 unspecified atom stereocenters. The maximum atomic E-state index is 12.0. The van der Waals surface area contributed by atoms with Crippen molar-refractivity contribution < 1.29 is 26.3 Å². The van der Waals surface area contributed by atoms with E-state index in [1.54, 1.807) is 0 Å². The topological polar surface area (TPSA) is 55.4 Å². The zero-order valence-corrected chi connectivity index (χ0v) is 11.9. The molecule has 1 aromatic carbocycles. The van der Waals surface area contributed by atoms with Gasteiger partial charge in [0.05, 0.1) is 5.75 Å². The van der Waals surface area contributed by atoms with Crippen LogP contribution in [0.5, 0.6) is 5.75 Å². The predicted molar refractivity (Wildman–Crippen MR) is 70.0 cm³/mol. The van der Waals surface area contributed by atoms with Crippen LogP contribution in [0.4, 0.5) is 18.9 Å². The molecule has 0 bridgehead atoms. The second kappa shape index (κ2) is 6.34. The summed E-state index contributed by atoms with van der Waals surface area (Å²) in [5.41, 5.74) is 0.197. The Morgan fingerprint density at radius 3 is 2.20 bits per heavy atom. The zero-order valence-electron chi connectivity index (χ0n) is 11.1. The van der Waals surface area contributed by atoms with E-state index in [0.29, 0.717) is 6.42 Å². The number of benzene rings is 1. The summed E-state index contributed by atoms with van der Waals surface area (Å²) in [6, 6.07) is 4.53. The summed E-state index contributed by atoms with van der Waals surface area (Å²) in [5.74, 6) is -0.192. The van der Waals surface area contributed by atoms with Gasteiger partial charge < -0.3 is 4.74 Å². The van der Waals surface area contributed by atoms with E-state index >= 15 is 0 Å². The van der Waals surface area contributed by atoms with Crippen molar-refractivity contribution >= 4 is 15.7 Å². The van der Waals surface area contributed by atoms with Crippen molar-refractivity contribution in [2.45, 2.75) is 26.6 Å². The first-order valence-electron chi connectivity index (χ1n) is 5.94. The van der Waals surface area contributed by atoms with Crippen molar-refractivity contribution in [3.8, 4) is 5.75 Å². The van der Waals surface area contributed by atoms with Gasteiger partial charge >= 0.3 is 6.36 Å². The number of ether oxygens (including phenoxy) is 1. The summed E-state index contributed by atoms with van der Waals surface area (Å²) >= 11 is 0. The Hall–Kier alpha value is -1.44. The summed E-state index contributed by atoms with van der Waals surface area (Å²) in [5, 5.41) is 0. The molecule has 0 saturated carbocycles. The number of halogens is 3. The number of hydrogen-bond acceptors (Lipinski definition) is 3. The van der Waals surface area contributed by atoms with Gasteiger partial charge in [-0.25, -0.2) is 8.42 Å². The maximum Gasteiger partial charge on any atom is 0.573 e. The SMILES string of the molecule is CC(C)CCS(=O)(=O)Nc1ccc(OC(F)(F)F)cc1. The lowest BCUT2D eigenvalue weighted by Gasteiger charge is -2.11. The van der Waals surface area contributed by atoms with Gasteiger partial charge in [0, 0.05) is 5.69 Å². The second-order valence-corrected chi connectivity index (χ2v) is 6.52. The molecule has 0 amide bonds. The van der Waals surface area contributed by atoms with Crippen molar-refractivity contribution in [1.82, 2.24) is 0 Å². The molecule has 0 atom stereocenters. The van der Waals surface area contributed by atoms with E-state index < -0.39 is 22.1 Å². The first-order chi connectivity index (χ1) is 9.07. The predicted octanol–water partition coefficient (Wildman–Crippen LogP) is 3.37. The minimum Gasteiger partial charge on any atom is -0.406 e. The van der Waals surface area contributed by atoms with Crippen LogP contribution in [-0.4, -0.2) is 20.5 Å². The van der Waals surface area contributed by atoms with E-state index in [0.717, 1.165) is 12.1 Å². The van der Waals surface area contributed by atoms with Crippen molar-refractivity contribution in [3.05, 3.63) is 24.3 Å². The van der Waals surface area contributed by atoms with Gasteiger partial charge in [0.25, 0.3) is 0 Å². The molecule has 0 fully saturated rings. The highest BCUT2D eigenvalue weighted by molar-refractivity contribution is 7.92. The molecular weight excluding hydrogens is 295 g/mol. The third-order valence-electron chi connectivity index (χ3n) is 2.33. The van der Waals surface area contributed by atoms with Crippen molar-refractivity contribution in [1.29, 1.82) is 0 Å². The molecule has 0 aliphatic heterocycles. The minimum absolute atomic E-state index is 0.0362. The van der Waals surface area contributed by atoms with Crippen LogP contribution in [0.3, 0.4) is 0 Å². The number of rotatable bonds is 6. The van der Waals surface area contributed by atoms with Crippen LogP contribution in [0.15, 0.2) is 24.3 Å². The first kappa shape index (κ1) is 16.6. The molecular formula is C12H16F3NO3S. The molecule has 0 heterocycles. The summed E-state index contributed by atoms with van der Waals surface area (Å²) in [6.45, 7) is 3.80. The summed E-state index contributed by atoms with van der Waals surface area (Å²) < 4.78 is 65.2. The third kappa shape index (κ3) is 6.65. The van der Waals surface area contributed by atoms with Gasteiger partial charge in [0.2, 0.25) is 10.0 Å². The van der Waals surface area contributed by atoms with Gasteiger partial charge in [-0.15, -0.1) is 13.2 Å². The number of nitrogens with one attached hydrogen (secondary N) is 1. The average molecular weight is 311 g/mol. The zero-order chi connectivity index (χ0) is 15.4. The van der Waals surface area contributed by atoms with Crippen LogP contribution in [0.25, 0.3) is 0 Å². The molecule has 0 saturated heterocycles. The van der Waals surface area contributed by atoms with Crippen molar-refractivity contribution in [2.24, 2.45) is 5.92 Å². The molecule has 0 spiro atoms. The highest BCUT2D eigenvalue weighted by atomic mass is 32.2. The van der Waals surface area contributed by atoms with Crippen LogP contribution in [0.1, 0.15) is 20.3 Å². The normalized spacial score (nSPS) is 12.5. The van der Waals surface area contributed by atoms with Gasteiger partial charge in [-0.3, -0.25) is 4.72 Å². The van der Waals surface area contributed by atoms with Gasteiger partial charge in [-0.1, -0.05) is 13.8 Å². The molecule has 1 aromatic rings. The fourth-order valence-electron chi connectivity index (χ4n) is 1.35. The van der Waals surface area contributed by atoms with E-state index in [1.807, 2.05) is 13.8 Å². The monoisotopic (exact) mass is 311 g/mol. The van der Waals surface area contributed by atoms with E-state index in [1.165, 1.54) is 12.1 Å². The van der Waals surface area contributed by atoms with E-state index in [9.17, 15) is 21.6 Å². The maximum absolute atomic E-state index is 12.0. The fraction of sp³-hybridized carbons (Fsp3) is 0.500. The Morgan fingerprint density at radius 2 is 1.75 bits per heavy atom. The van der Waals surface area contributed by atoms with Gasteiger partial charge in [-0.2, -0.15) is 0 Å². The molecule has 20 heavy (non-hydrogen) atoms. The molecule has 0 aliphatic carbocycles. The molecule has 8 heteroatoms. The lowest BCUT2D eigenvalue weighted by atomic mass is 10.2. The van der Waals surface area contributed by atoms with Crippen LogP contribution in [-0.2, 0) is 10.0 Å². The summed E-state index contributed by atoms with van der Waals surface area (Å²) in [7, 11) is -3.49. The van der Waals surface area contributed by atoms with Crippen LogP contribution in [0.2, 0.25) is 0 Å².